The van der Waals surface area contributed by atoms with E-state index in [0.717, 1.165) is 37.4 Å². The van der Waals surface area contributed by atoms with Crippen molar-refractivity contribution in [3.8, 4) is 0 Å². The number of nitrogens with zero attached hydrogens (tertiary/aromatic N) is 2. The molecular weight excluding hydrogens is 224 g/mol. The van der Waals surface area contributed by atoms with Gasteiger partial charge in [-0.15, -0.1) is 0 Å². The van der Waals surface area contributed by atoms with Crippen molar-refractivity contribution in [2.45, 2.75) is 19.9 Å². The Kier molecular flexibility index (Phi) is 4.33. The van der Waals surface area contributed by atoms with Crippen molar-refractivity contribution in [1.82, 2.24) is 20.2 Å². The third kappa shape index (κ3) is 2.89. The summed E-state index contributed by atoms with van der Waals surface area (Å²) in [6.45, 7) is 5.05. The van der Waals surface area contributed by atoms with Crippen molar-refractivity contribution in [3.63, 3.8) is 0 Å². The zero-order valence-electron chi connectivity index (χ0n) is 11.5. The Labute approximate surface area is 108 Å². The summed E-state index contributed by atoms with van der Waals surface area (Å²) in [5, 5.41) is 6.59. The van der Waals surface area contributed by atoms with E-state index in [9.17, 15) is 0 Å². The number of rotatable bonds is 6. The summed E-state index contributed by atoms with van der Waals surface area (Å²) in [5.74, 6) is 1.06. The fraction of sp³-hybridized carbons (Fsp3) is 0.500. The Balaban J connectivity index is 1.98. The molecule has 0 atom stereocenters. The lowest BCUT2D eigenvalue weighted by atomic mass is 10.2. The van der Waals surface area contributed by atoms with Crippen LogP contribution in [0.2, 0.25) is 0 Å². The molecule has 2 N–H and O–H groups in total. The van der Waals surface area contributed by atoms with E-state index in [0.29, 0.717) is 0 Å². The molecule has 2 rings (SSSR count). The summed E-state index contributed by atoms with van der Waals surface area (Å²) in [6, 6.07) is 6.50. The zero-order valence-corrected chi connectivity index (χ0v) is 11.5. The van der Waals surface area contributed by atoms with Gasteiger partial charge in [0.25, 0.3) is 0 Å². The third-order valence-corrected chi connectivity index (χ3v) is 3.28. The molecule has 2 aromatic rings. The summed E-state index contributed by atoms with van der Waals surface area (Å²) >= 11 is 0. The first kappa shape index (κ1) is 13.1. The van der Waals surface area contributed by atoms with Gasteiger partial charge in [-0.25, -0.2) is 4.98 Å². The first-order valence-corrected chi connectivity index (χ1v) is 6.49. The van der Waals surface area contributed by atoms with Crippen molar-refractivity contribution in [3.05, 3.63) is 29.6 Å². The Hall–Kier alpha value is -1.39. The standard InChI is InChI=1S/C14H22N4/c1-11-17-13-9-12(5-6-14(13)18(11)3)10-16-8-4-7-15-2/h5-6,9,15-16H,4,7-8,10H2,1-3H3. The minimum Gasteiger partial charge on any atom is -0.331 e. The van der Waals surface area contributed by atoms with Crippen LogP contribution in [0.15, 0.2) is 18.2 Å². The summed E-state index contributed by atoms with van der Waals surface area (Å²) in [6.07, 6.45) is 1.15. The predicted molar refractivity (Wildman–Crippen MR) is 75.7 cm³/mol. The quantitative estimate of drug-likeness (QED) is 0.760. The summed E-state index contributed by atoms with van der Waals surface area (Å²) in [5.41, 5.74) is 3.58. The molecule has 0 aliphatic carbocycles. The first-order chi connectivity index (χ1) is 8.72. The number of imidazole rings is 1. The molecule has 0 spiro atoms. The van der Waals surface area contributed by atoms with Gasteiger partial charge in [-0.1, -0.05) is 6.07 Å². The molecule has 0 amide bonds. The van der Waals surface area contributed by atoms with Crippen LogP contribution >= 0.6 is 0 Å². The van der Waals surface area contributed by atoms with Crippen LogP contribution in [0.3, 0.4) is 0 Å². The summed E-state index contributed by atoms with van der Waals surface area (Å²) in [4.78, 5) is 4.56. The molecule has 1 aromatic carbocycles. The Morgan fingerprint density at radius 1 is 1.28 bits per heavy atom. The van der Waals surface area contributed by atoms with Crippen LogP contribution in [0, 0.1) is 6.92 Å². The number of fused-ring (bicyclic) bond motifs is 1. The molecule has 18 heavy (non-hydrogen) atoms. The van der Waals surface area contributed by atoms with Crippen LogP contribution in [0.4, 0.5) is 0 Å². The smallest absolute Gasteiger partial charge is 0.106 e. The van der Waals surface area contributed by atoms with Gasteiger partial charge in [-0.05, 0) is 51.2 Å². The summed E-state index contributed by atoms with van der Waals surface area (Å²) < 4.78 is 2.12. The molecule has 98 valence electrons. The highest BCUT2D eigenvalue weighted by atomic mass is 15.0. The molecule has 0 saturated heterocycles. The highest BCUT2D eigenvalue weighted by molar-refractivity contribution is 5.76. The normalized spacial score (nSPS) is 11.3. The van der Waals surface area contributed by atoms with Gasteiger partial charge < -0.3 is 15.2 Å². The van der Waals surface area contributed by atoms with Gasteiger partial charge >= 0.3 is 0 Å². The molecule has 0 aliphatic heterocycles. The second-order valence-electron chi connectivity index (χ2n) is 4.67. The molecule has 0 unspecified atom stereocenters. The fourth-order valence-electron chi connectivity index (χ4n) is 2.10. The van der Waals surface area contributed by atoms with Gasteiger partial charge in [-0.2, -0.15) is 0 Å². The average molecular weight is 246 g/mol. The van der Waals surface area contributed by atoms with E-state index in [2.05, 4.69) is 45.4 Å². The van der Waals surface area contributed by atoms with E-state index >= 15 is 0 Å². The van der Waals surface area contributed by atoms with Gasteiger partial charge in [0.05, 0.1) is 11.0 Å². The highest BCUT2D eigenvalue weighted by Gasteiger charge is 2.04. The van der Waals surface area contributed by atoms with Crippen LogP contribution in [-0.2, 0) is 13.6 Å². The lowest BCUT2D eigenvalue weighted by Crippen LogP contribution is -2.19. The maximum absolute atomic E-state index is 4.56. The third-order valence-electron chi connectivity index (χ3n) is 3.28. The molecule has 0 bridgehead atoms. The average Bonchev–Trinajstić information content (AvgIpc) is 2.65. The molecule has 4 heteroatoms. The van der Waals surface area contributed by atoms with Crippen LogP contribution in [-0.4, -0.2) is 29.7 Å². The SMILES string of the molecule is CNCCCNCc1ccc2c(c1)nc(C)n2C. The van der Waals surface area contributed by atoms with E-state index in [1.807, 2.05) is 14.0 Å². The van der Waals surface area contributed by atoms with E-state index in [4.69, 9.17) is 0 Å². The minimum absolute atomic E-state index is 0.912. The van der Waals surface area contributed by atoms with E-state index in [1.165, 1.54) is 11.1 Å². The Morgan fingerprint density at radius 2 is 2.11 bits per heavy atom. The van der Waals surface area contributed by atoms with Gasteiger partial charge in [-0.3, -0.25) is 0 Å². The van der Waals surface area contributed by atoms with Crippen molar-refractivity contribution < 1.29 is 0 Å². The van der Waals surface area contributed by atoms with E-state index in [-0.39, 0.29) is 0 Å². The zero-order chi connectivity index (χ0) is 13.0. The van der Waals surface area contributed by atoms with E-state index in [1.54, 1.807) is 0 Å². The van der Waals surface area contributed by atoms with Gasteiger partial charge in [0.15, 0.2) is 0 Å². The molecular formula is C14H22N4. The molecule has 0 aliphatic rings. The van der Waals surface area contributed by atoms with Crippen LogP contribution in [0.1, 0.15) is 17.8 Å². The first-order valence-electron chi connectivity index (χ1n) is 6.49. The fourth-order valence-corrected chi connectivity index (χ4v) is 2.10. The number of hydrogen-bond acceptors (Lipinski definition) is 3. The molecule has 0 fully saturated rings. The summed E-state index contributed by atoms with van der Waals surface area (Å²) in [7, 11) is 4.04. The largest absolute Gasteiger partial charge is 0.331 e. The van der Waals surface area contributed by atoms with Crippen molar-refractivity contribution in [2.24, 2.45) is 7.05 Å². The number of aryl methyl sites for hydroxylation is 2. The number of nitrogens with one attached hydrogen (secondary N) is 2. The van der Waals surface area contributed by atoms with Crippen molar-refractivity contribution in [1.29, 1.82) is 0 Å². The maximum atomic E-state index is 4.56. The Morgan fingerprint density at radius 3 is 2.89 bits per heavy atom. The molecule has 4 nitrogen and oxygen atoms in total. The molecule has 1 heterocycles. The Bertz CT molecular complexity index is 516. The van der Waals surface area contributed by atoms with Crippen LogP contribution in [0.5, 0.6) is 0 Å². The molecule has 0 saturated carbocycles. The number of aromatic nitrogens is 2. The second kappa shape index (κ2) is 5.98. The molecule has 0 radical (unpaired) electrons. The van der Waals surface area contributed by atoms with Crippen molar-refractivity contribution >= 4 is 11.0 Å². The van der Waals surface area contributed by atoms with Crippen LogP contribution in [0.25, 0.3) is 11.0 Å². The monoisotopic (exact) mass is 246 g/mol. The van der Waals surface area contributed by atoms with Gasteiger partial charge in [0, 0.05) is 13.6 Å². The molecule has 1 aromatic heterocycles. The van der Waals surface area contributed by atoms with Crippen LogP contribution < -0.4 is 10.6 Å². The van der Waals surface area contributed by atoms with Gasteiger partial charge in [0.2, 0.25) is 0 Å². The second-order valence-corrected chi connectivity index (χ2v) is 4.67. The lowest BCUT2D eigenvalue weighted by Gasteiger charge is -2.05. The minimum atomic E-state index is 0.912. The highest BCUT2D eigenvalue weighted by Crippen LogP contribution is 2.16. The number of benzene rings is 1. The van der Waals surface area contributed by atoms with Gasteiger partial charge in [0.1, 0.15) is 5.82 Å². The predicted octanol–water partition coefficient (Wildman–Crippen LogP) is 1.58. The maximum Gasteiger partial charge on any atom is 0.106 e. The van der Waals surface area contributed by atoms with Crippen molar-refractivity contribution in [2.75, 3.05) is 20.1 Å². The lowest BCUT2D eigenvalue weighted by molar-refractivity contribution is 0.625. The topological polar surface area (TPSA) is 41.9 Å². The van der Waals surface area contributed by atoms with E-state index < -0.39 is 0 Å². The number of hydrogen-bond donors (Lipinski definition) is 2.